The average molecular weight is 381 g/mol. The van der Waals surface area contributed by atoms with Crippen molar-refractivity contribution >= 4 is 11.8 Å². The van der Waals surface area contributed by atoms with Crippen molar-refractivity contribution in [1.82, 2.24) is 24.9 Å². The van der Waals surface area contributed by atoms with Crippen LogP contribution in [0, 0.1) is 5.92 Å². The van der Waals surface area contributed by atoms with E-state index in [-0.39, 0.29) is 23.8 Å². The summed E-state index contributed by atoms with van der Waals surface area (Å²) in [6.45, 7) is 1.82. The molecule has 2 aromatic heterocycles. The number of carbonyl (C=O) groups is 2. The van der Waals surface area contributed by atoms with E-state index in [4.69, 9.17) is 4.52 Å². The van der Waals surface area contributed by atoms with E-state index in [2.05, 4.69) is 15.1 Å². The fourth-order valence-corrected chi connectivity index (χ4v) is 4.76. The van der Waals surface area contributed by atoms with Crippen molar-refractivity contribution in [3.8, 4) is 0 Å². The van der Waals surface area contributed by atoms with Crippen molar-refractivity contribution in [2.75, 3.05) is 19.6 Å². The van der Waals surface area contributed by atoms with Crippen LogP contribution in [0.15, 0.2) is 23.1 Å². The Kier molecular flexibility index (Phi) is 4.33. The molecule has 1 aliphatic carbocycles. The van der Waals surface area contributed by atoms with Crippen LogP contribution in [-0.2, 0) is 12.8 Å². The van der Waals surface area contributed by atoms with E-state index in [1.807, 2.05) is 9.80 Å². The Labute approximate surface area is 162 Å². The molecule has 2 aromatic rings. The lowest BCUT2D eigenvalue weighted by Gasteiger charge is -2.35. The smallest absolute Gasteiger partial charge is 0.293 e. The number of aromatic nitrogens is 3. The van der Waals surface area contributed by atoms with Gasteiger partial charge in [0.1, 0.15) is 5.69 Å². The van der Waals surface area contributed by atoms with Crippen molar-refractivity contribution in [1.29, 1.82) is 0 Å². The van der Waals surface area contributed by atoms with Crippen LogP contribution in [0.2, 0.25) is 0 Å². The highest BCUT2D eigenvalue weighted by molar-refractivity contribution is 5.94. The zero-order valence-corrected chi connectivity index (χ0v) is 15.7. The van der Waals surface area contributed by atoms with E-state index in [9.17, 15) is 9.59 Å². The second-order valence-corrected chi connectivity index (χ2v) is 8.00. The van der Waals surface area contributed by atoms with Gasteiger partial charge in [-0.15, -0.1) is 0 Å². The maximum absolute atomic E-state index is 13.3. The van der Waals surface area contributed by atoms with Crippen LogP contribution in [0.1, 0.15) is 58.0 Å². The van der Waals surface area contributed by atoms with E-state index < -0.39 is 0 Å². The van der Waals surface area contributed by atoms with Crippen molar-refractivity contribution < 1.29 is 14.1 Å². The third-order valence-corrected chi connectivity index (χ3v) is 6.20. The lowest BCUT2D eigenvalue weighted by atomic mass is 9.93. The van der Waals surface area contributed by atoms with E-state index in [0.29, 0.717) is 31.1 Å². The molecule has 2 atom stereocenters. The molecule has 0 saturated carbocycles. The van der Waals surface area contributed by atoms with Crippen molar-refractivity contribution in [3.63, 3.8) is 0 Å². The van der Waals surface area contributed by atoms with Gasteiger partial charge in [0.05, 0.1) is 11.9 Å². The summed E-state index contributed by atoms with van der Waals surface area (Å²) in [5.41, 5.74) is 2.28. The zero-order chi connectivity index (χ0) is 19.1. The summed E-state index contributed by atoms with van der Waals surface area (Å²) < 4.78 is 5.48. The predicted molar refractivity (Wildman–Crippen MR) is 98.6 cm³/mol. The fraction of sp³-hybridized carbons (Fsp3) is 0.550. The molecule has 2 amide bonds. The van der Waals surface area contributed by atoms with Gasteiger partial charge in [-0.2, -0.15) is 0 Å². The van der Waals surface area contributed by atoms with Gasteiger partial charge < -0.3 is 14.3 Å². The van der Waals surface area contributed by atoms with Crippen molar-refractivity contribution in [2.24, 2.45) is 5.92 Å². The molecule has 3 fully saturated rings. The van der Waals surface area contributed by atoms with Crippen LogP contribution in [-0.4, -0.2) is 62.4 Å². The topological polar surface area (TPSA) is 92.4 Å². The fourth-order valence-electron chi connectivity index (χ4n) is 4.76. The van der Waals surface area contributed by atoms with Gasteiger partial charge in [0, 0.05) is 43.6 Å². The van der Waals surface area contributed by atoms with E-state index in [0.717, 1.165) is 49.8 Å². The number of aryl methyl sites for hydroxylation is 1. The van der Waals surface area contributed by atoms with Gasteiger partial charge in [-0.3, -0.25) is 14.6 Å². The van der Waals surface area contributed by atoms with Crippen LogP contribution in [0.5, 0.6) is 0 Å². The Balaban J connectivity index is 1.38. The summed E-state index contributed by atoms with van der Waals surface area (Å²) in [4.78, 5) is 38.0. The summed E-state index contributed by atoms with van der Waals surface area (Å²) in [6.07, 6.45) is 10.4. The standard InChI is InChI=1S/C20H23N5O3/c26-19(17-9-21-7-8-22-17)24-10-13-5-6-14(12-24)25(11-13)20(27)18-15-3-1-2-4-16(15)23-28-18/h7-9,13-14H,1-6,10-12H2. The number of amides is 2. The molecule has 0 aromatic carbocycles. The first-order valence-electron chi connectivity index (χ1n) is 10.0. The van der Waals surface area contributed by atoms with Crippen molar-refractivity contribution in [2.45, 2.75) is 44.6 Å². The van der Waals surface area contributed by atoms with Gasteiger partial charge in [-0.25, -0.2) is 4.98 Å². The number of carbonyl (C=O) groups excluding carboxylic acids is 2. The number of fused-ring (bicyclic) bond motifs is 5. The largest absolute Gasteiger partial charge is 0.350 e. The molecule has 3 saturated heterocycles. The molecule has 6 rings (SSSR count). The van der Waals surface area contributed by atoms with E-state index in [1.54, 1.807) is 6.20 Å². The first-order valence-corrected chi connectivity index (χ1v) is 10.0. The molecule has 8 heteroatoms. The van der Waals surface area contributed by atoms with Crippen molar-refractivity contribution in [3.05, 3.63) is 41.3 Å². The molecule has 28 heavy (non-hydrogen) atoms. The summed E-state index contributed by atoms with van der Waals surface area (Å²) in [6, 6.07) is -0.00351. The number of rotatable bonds is 2. The van der Waals surface area contributed by atoms with Crippen LogP contribution < -0.4 is 0 Å². The summed E-state index contributed by atoms with van der Waals surface area (Å²) in [5, 5.41) is 4.14. The van der Waals surface area contributed by atoms with Crippen LogP contribution >= 0.6 is 0 Å². The lowest BCUT2D eigenvalue weighted by Crippen LogP contribution is -2.47. The molecule has 0 radical (unpaired) electrons. The molecular weight excluding hydrogens is 358 g/mol. The Morgan fingerprint density at radius 1 is 1.04 bits per heavy atom. The quantitative estimate of drug-likeness (QED) is 0.786. The van der Waals surface area contributed by atoms with Gasteiger partial charge in [-0.1, -0.05) is 5.16 Å². The summed E-state index contributed by atoms with van der Waals surface area (Å²) >= 11 is 0. The number of hydrogen-bond donors (Lipinski definition) is 0. The Morgan fingerprint density at radius 2 is 1.93 bits per heavy atom. The predicted octanol–water partition coefficient (Wildman–Crippen LogP) is 1.72. The second kappa shape index (κ2) is 7.00. The van der Waals surface area contributed by atoms with Gasteiger partial charge >= 0.3 is 0 Å². The number of piperidine rings is 1. The van der Waals surface area contributed by atoms with Crippen LogP contribution in [0.25, 0.3) is 0 Å². The van der Waals surface area contributed by atoms with E-state index >= 15 is 0 Å². The molecule has 2 bridgehead atoms. The monoisotopic (exact) mass is 381 g/mol. The zero-order valence-electron chi connectivity index (χ0n) is 15.7. The van der Waals surface area contributed by atoms with Crippen LogP contribution in [0.3, 0.4) is 0 Å². The van der Waals surface area contributed by atoms with Gasteiger partial charge in [0.2, 0.25) is 5.76 Å². The first-order chi connectivity index (χ1) is 13.7. The third-order valence-electron chi connectivity index (χ3n) is 6.20. The highest BCUT2D eigenvalue weighted by Gasteiger charge is 2.41. The molecule has 8 nitrogen and oxygen atoms in total. The third kappa shape index (κ3) is 2.96. The van der Waals surface area contributed by atoms with Crippen LogP contribution in [0.4, 0.5) is 0 Å². The Bertz CT molecular complexity index is 897. The summed E-state index contributed by atoms with van der Waals surface area (Å²) in [5.74, 6) is 0.492. The first kappa shape index (κ1) is 17.3. The second-order valence-electron chi connectivity index (χ2n) is 8.00. The average Bonchev–Trinajstić information content (AvgIpc) is 2.95. The highest BCUT2D eigenvalue weighted by atomic mass is 16.5. The molecular formula is C20H23N5O3. The SMILES string of the molecule is O=C(c1cnccn1)N1CC2CCC(C1)N(C(=O)c1onc3c1CCCC3)C2. The molecule has 5 heterocycles. The molecule has 4 aliphatic rings. The minimum absolute atomic E-state index is 0.00351. The Hall–Kier alpha value is -2.77. The van der Waals surface area contributed by atoms with Gasteiger partial charge in [-0.05, 0) is 44.4 Å². The minimum atomic E-state index is -0.114. The highest BCUT2D eigenvalue weighted by Crippen LogP contribution is 2.32. The molecule has 146 valence electrons. The lowest BCUT2D eigenvalue weighted by molar-refractivity contribution is 0.0533. The maximum atomic E-state index is 13.3. The molecule has 2 unspecified atom stereocenters. The molecule has 0 N–H and O–H groups in total. The maximum Gasteiger partial charge on any atom is 0.293 e. The van der Waals surface area contributed by atoms with E-state index in [1.165, 1.54) is 12.4 Å². The summed E-state index contributed by atoms with van der Waals surface area (Å²) in [7, 11) is 0. The number of hydrogen-bond acceptors (Lipinski definition) is 6. The Morgan fingerprint density at radius 3 is 2.79 bits per heavy atom. The minimum Gasteiger partial charge on any atom is -0.350 e. The van der Waals surface area contributed by atoms with Gasteiger partial charge in [0.15, 0.2) is 0 Å². The number of nitrogens with zero attached hydrogens (tertiary/aromatic N) is 5. The molecule has 3 aliphatic heterocycles. The van der Waals surface area contributed by atoms with Gasteiger partial charge in [0.25, 0.3) is 11.8 Å². The normalized spacial score (nSPS) is 24.0. The molecule has 0 spiro atoms.